The number of carboxylic acid groups (broad SMARTS) is 1. The molecule has 2 amide bonds. The number of hydrogen-bond donors (Lipinski definition) is 2. The average Bonchev–Trinajstić information content (AvgIpc) is 2.90. The highest BCUT2D eigenvalue weighted by Crippen LogP contribution is 2.28. The molecule has 2 aliphatic rings. The Morgan fingerprint density at radius 2 is 2.00 bits per heavy atom. The smallest absolute Gasteiger partial charge is 0.406 e. The summed E-state index contributed by atoms with van der Waals surface area (Å²) in [7, 11) is 0. The average molecular weight is 309 g/mol. The van der Waals surface area contributed by atoms with Crippen LogP contribution in [-0.4, -0.2) is 71.3 Å². The molecule has 2 atom stereocenters. The van der Waals surface area contributed by atoms with Crippen LogP contribution in [0.25, 0.3) is 0 Å². The first-order chi connectivity index (χ1) is 9.76. The predicted octanol–water partition coefficient (Wildman–Crippen LogP) is 0.882. The Morgan fingerprint density at radius 1 is 1.29 bits per heavy atom. The number of fused-ring (bicyclic) bond motifs is 1. The molecule has 0 aromatic carbocycles. The van der Waals surface area contributed by atoms with Gasteiger partial charge in [0, 0.05) is 18.6 Å². The van der Waals surface area contributed by atoms with Crippen LogP contribution in [0.5, 0.6) is 0 Å². The van der Waals surface area contributed by atoms with Crippen molar-refractivity contribution in [3.8, 4) is 0 Å². The number of hydrogen-bond acceptors (Lipinski definition) is 3. The minimum absolute atomic E-state index is 0.159. The molecule has 0 aromatic heterocycles. The number of aliphatic carboxylic acids is 1. The van der Waals surface area contributed by atoms with E-state index in [-0.39, 0.29) is 12.1 Å². The number of amides is 2. The third-order valence-corrected chi connectivity index (χ3v) is 3.90. The van der Waals surface area contributed by atoms with E-state index in [9.17, 15) is 22.8 Å². The number of carbonyl (C=O) groups excluding carboxylic acids is 1. The third kappa shape index (κ3) is 4.23. The van der Waals surface area contributed by atoms with Crippen LogP contribution in [0.2, 0.25) is 0 Å². The second-order valence-electron chi connectivity index (χ2n) is 5.46. The summed E-state index contributed by atoms with van der Waals surface area (Å²) in [6, 6.07) is -1.01. The highest BCUT2D eigenvalue weighted by Gasteiger charge is 2.40. The topological polar surface area (TPSA) is 72.9 Å². The lowest BCUT2D eigenvalue weighted by Gasteiger charge is -2.27. The van der Waals surface area contributed by atoms with Gasteiger partial charge in [-0.15, -0.1) is 0 Å². The third-order valence-electron chi connectivity index (χ3n) is 3.90. The zero-order valence-corrected chi connectivity index (χ0v) is 11.4. The lowest BCUT2D eigenvalue weighted by atomic mass is 10.1. The minimum Gasteiger partial charge on any atom is -0.480 e. The van der Waals surface area contributed by atoms with Crippen LogP contribution in [0.4, 0.5) is 18.0 Å². The molecule has 2 heterocycles. The fourth-order valence-corrected chi connectivity index (χ4v) is 3.08. The monoisotopic (exact) mass is 309 g/mol. The van der Waals surface area contributed by atoms with E-state index in [1.54, 1.807) is 0 Å². The van der Waals surface area contributed by atoms with Gasteiger partial charge in [0.15, 0.2) is 0 Å². The standard InChI is InChI=1S/C12H18F3N3O3/c13-12(14,15)7-18(6-10(19)20)11(21)16-8-3-5-17-4-1-2-9(8)17/h8-9H,1-7H2,(H,16,21)(H,19,20). The van der Waals surface area contributed by atoms with Gasteiger partial charge in [0.2, 0.25) is 0 Å². The molecule has 0 spiro atoms. The van der Waals surface area contributed by atoms with E-state index in [0.29, 0.717) is 11.3 Å². The first-order valence-corrected chi connectivity index (χ1v) is 6.84. The van der Waals surface area contributed by atoms with Crippen molar-refractivity contribution in [1.82, 2.24) is 15.1 Å². The van der Waals surface area contributed by atoms with Crippen molar-refractivity contribution < 1.29 is 27.9 Å². The lowest BCUT2D eigenvalue weighted by molar-refractivity contribution is -0.149. The zero-order chi connectivity index (χ0) is 15.6. The quantitative estimate of drug-likeness (QED) is 0.809. The lowest BCUT2D eigenvalue weighted by Crippen LogP contribution is -2.52. The number of alkyl halides is 3. The summed E-state index contributed by atoms with van der Waals surface area (Å²) in [5, 5.41) is 11.2. The molecular weight excluding hydrogens is 291 g/mol. The van der Waals surface area contributed by atoms with Gasteiger partial charge in [-0.25, -0.2) is 4.79 Å². The van der Waals surface area contributed by atoms with Gasteiger partial charge in [0.1, 0.15) is 13.1 Å². The van der Waals surface area contributed by atoms with Gasteiger partial charge in [0.05, 0.1) is 0 Å². The molecule has 6 nitrogen and oxygen atoms in total. The molecule has 2 N–H and O–H groups in total. The number of carbonyl (C=O) groups is 2. The first kappa shape index (κ1) is 15.9. The van der Waals surface area contributed by atoms with E-state index in [1.165, 1.54) is 0 Å². The van der Waals surface area contributed by atoms with Gasteiger partial charge in [-0.2, -0.15) is 13.2 Å². The molecule has 2 aliphatic heterocycles. The summed E-state index contributed by atoms with van der Waals surface area (Å²) in [5.41, 5.74) is 0. The largest absolute Gasteiger partial charge is 0.480 e. The molecule has 0 saturated carbocycles. The maximum atomic E-state index is 12.4. The summed E-state index contributed by atoms with van der Waals surface area (Å²) >= 11 is 0. The van der Waals surface area contributed by atoms with Crippen LogP contribution in [0.15, 0.2) is 0 Å². The van der Waals surface area contributed by atoms with Crippen LogP contribution in [0.1, 0.15) is 19.3 Å². The van der Waals surface area contributed by atoms with E-state index >= 15 is 0 Å². The molecule has 2 saturated heterocycles. The van der Waals surface area contributed by atoms with E-state index < -0.39 is 31.3 Å². The highest BCUT2D eigenvalue weighted by atomic mass is 19.4. The fraction of sp³-hybridized carbons (Fsp3) is 0.833. The van der Waals surface area contributed by atoms with E-state index in [2.05, 4.69) is 10.2 Å². The predicted molar refractivity (Wildman–Crippen MR) is 66.8 cm³/mol. The van der Waals surface area contributed by atoms with Gasteiger partial charge in [-0.1, -0.05) is 0 Å². The van der Waals surface area contributed by atoms with Crippen molar-refractivity contribution in [2.45, 2.75) is 37.5 Å². The highest BCUT2D eigenvalue weighted by molar-refractivity contribution is 5.80. The summed E-state index contributed by atoms with van der Waals surface area (Å²) in [6.07, 6.45) is -2.02. The molecule has 0 bridgehead atoms. The second-order valence-corrected chi connectivity index (χ2v) is 5.46. The number of carboxylic acids is 1. The molecule has 0 aliphatic carbocycles. The Labute approximate surface area is 119 Å². The van der Waals surface area contributed by atoms with Gasteiger partial charge in [-0.3, -0.25) is 9.69 Å². The second kappa shape index (κ2) is 6.08. The van der Waals surface area contributed by atoms with Crippen molar-refractivity contribution in [1.29, 1.82) is 0 Å². The van der Waals surface area contributed by atoms with Crippen LogP contribution in [0.3, 0.4) is 0 Å². The molecule has 2 rings (SSSR count). The number of urea groups is 1. The van der Waals surface area contributed by atoms with Crippen molar-refractivity contribution in [3.05, 3.63) is 0 Å². The maximum Gasteiger partial charge on any atom is 0.406 e. The zero-order valence-electron chi connectivity index (χ0n) is 11.4. The van der Waals surface area contributed by atoms with E-state index in [0.717, 1.165) is 25.9 Å². The molecule has 9 heteroatoms. The summed E-state index contributed by atoms with van der Waals surface area (Å²) in [6.45, 7) is -0.773. The van der Waals surface area contributed by atoms with E-state index in [1.807, 2.05) is 0 Å². The number of rotatable bonds is 4. The molecule has 2 unspecified atom stereocenters. The molecule has 0 radical (unpaired) electrons. The Kier molecular flexibility index (Phi) is 4.60. The van der Waals surface area contributed by atoms with Crippen molar-refractivity contribution in [2.75, 3.05) is 26.2 Å². The van der Waals surface area contributed by atoms with Crippen LogP contribution in [0, 0.1) is 0 Å². The van der Waals surface area contributed by atoms with Crippen molar-refractivity contribution in [2.24, 2.45) is 0 Å². The Balaban J connectivity index is 1.95. The van der Waals surface area contributed by atoms with Gasteiger partial charge in [-0.05, 0) is 25.8 Å². The molecular formula is C12H18F3N3O3. The van der Waals surface area contributed by atoms with Crippen LogP contribution >= 0.6 is 0 Å². The normalized spacial score (nSPS) is 25.7. The fourth-order valence-electron chi connectivity index (χ4n) is 3.08. The van der Waals surface area contributed by atoms with Gasteiger partial charge < -0.3 is 15.3 Å². The first-order valence-electron chi connectivity index (χ1n) is 6.84. The molecule has 21 heavy (non-hydrogen) atoms. The number of nitrogens with one attached hydrogen (secondary N) is 1. The Morgan fingerprint density at radius 3 is 2.62 bits per heavy atom. The Hall–Kier alpha value is -1.51. The summed E-state index contributed by atoms with van der Waals surface area (Å²) in [4.78, 5) is 25.1. The van der Waals surface area contributed by atoms with E-state index in [4.69, 9.17) is 5.11 Å². The maximum absolute atomic E-state index is 12.4. The molecule has 2 fully saturated rings. The van der Waals surface area contributed by atoms with Gasteiger partial charge in [0.25, 0.3) is 0 Å². The van der Waals surface area contributed by atoms with Gasteiger partial charge >= 0.3 is 18.2 Å². The molecule has 120 valence electrons. The number of halogens is 3. The van der Waals surface area contributed by atoms with Crippen LogP contribution < -0.4 is 5.32 Å². The Bertz CT molecular complexity index is 416. The van der Waals surface area contributed by atoms with Crippen molar-refractivity contribution in [3.63, 3.8) is 0 Å². The summed E-state index contributed by atoms with van der Waals surface area (Å²) < 4.78 is 37.3. The molecule has 0 aromatic rings. The van der Waals surface area contributed by atoms with Crippen molar-refractivity contribution >= 4 is 12.0 Å². The minimum atomic E-state index is -4.62. The van der Waals surface area contributed by atoms with Crippen LogP contribution in [-0.2, 0) is 4.79 Å². The summed E-state index contributed by atoms with van der Waals surface area (Å²) in [5.74, 6) is -1.47. The SMILES string of the molecule is O=C(O)CN(CC(F)(F)F)C(=O)NC1CCN2CCCC12. The number of nitrogens with zero attached hydrogens (tertiary/aromatic N) is 2.